The Morgan fingerprint density at radius 1 is 0.274 bits per heavy atom. The minimum atomic E-state index is -0.720. The summed E-state index contributed by atoms with van der Waals surface area (Å²) in [5.41, 5.74) is 31.4. The van der Waals surface area contributed by atoms with Crippen molar-refractivity contribution in [2.45, 2.75) is 84.0 Å². The van der Waals surface area contributed by atoms with E-state index in [1.54, 1.807) is 0 Å². The molecule has 3 heteroatoms. The molecule has 510 valence electrons. The molecule has 18 rings (SSSR count). The standard InChI is InChI=1S/C103H85BN2/c1-100(2,3)79-50-33-45-73(59-79)75-56-58-91-93(61-75)106(99-86(71-41-23-13-24-42-71)66-81(102(7,8)9)67-87(99)72-43-25-14-26-44-72)95-63-76(82-52-34-54-89-96(82)83-51-31-32-53-88(83)103(89,77-46-27-15-28-47-77)78-48-29-16-30-49-78)62-94-97(95)104(91)90-57-55-74(68-35-17-10-18-36-68)60-92(90)105(94)98-84(69-37-19-11-20-38-69)64-80(101(4,5)6)65-85(98)70-39-21-12-22-40-70/h10-67H,1-9H3/i10D,17D,18D,35D,36D. The third kappa shape index (κ3) is 11.0. The maximum atomic E-state index is 9.76. The average molecular weight is 1370 g/mol. The largest absolute Gasteiger partial charge is 0.310 e. The van der Waals surface area contributed by atoms with Gasteiger partial charge in [-0.2, -0.15) is 0 Å². The second-order valence-corrected chi connectivity index (χ2v) is 32.0. The van der Waals surface area contributed by atoms with Gasteiger partial charge < -0.3 is 9.80 Å². The number of fused-ring (bicyclic) bond motifs is 7. The first-order valence-corrected chi connectivity index (χ1v) is 37.3. The molecular weight excluding hydrogens is 1280 g/mol. The van der Waals surface area contributed by atoms with Gasteiger partial charge in [-0.05, 0) is 187 Å². The van der Waals surface area contributed by atoms with Gasteiger partial charge in [-0.15, -0.1) is 0 Å². The summed E-state index contributed by atoms with van der Waals surface area (Å²) in [6.07, 6.45) is 0. The SMILES string of the molecule is [2H]c1c([2H])c([2H])c(-c2ccc3c(c2)N(c2c(-c4ccccc4)cc(C(C)(C)C)cc2-c2ccccc2)c2cc(-c4cccc5c4-c4ccccc4C5(c4ccccc4)c4ccccc4)cc4c2B3c2ccc(-c3cccc(C(C)(C)C)c3)cc2N4c2c(-c3ccccc3)cc(C(C)(C)C)cc2-c2ccccc2)c([2H])c1[2H]. The number of benzene rings is 15. The number of rotatable bonds is 11. The molecule has 0 amide bonds. The van der Waals surface area contributed by atoms with Crippen LogP contribution in [0, 0.1) is 0 Å². The van der Waals surface area contributed by atoms with Crippen molar-refractivity contribution in [3.05, 3.63) is 391 Å². The fourth-order valence-corrected chi connectivity index (χ4v) is 17.2. The van der Waals surface area contributed by atoms with Crippen LogP contribution in [0.15, 0.2) is 352 Å². The number of anilines is 6. The summed E-state index contributed by atoms with van der Waals surface area (Å²) in [7, 11) is 0. The average Bonchev–Trinajstić information content (AvgIpc) is 1.59. The van der Waals surface area contributed by atoms with Crippen LogP contribution in [0.2, 0.25) is 0 Å². The van der Waals surface area contributed by atoms with E-state index in [0.29, 0.717) is 5.56 Å². The lowest BCUT2D eigenvalue weighted by atomic mass is 9.33. The van der Waals surface area contributed by atoms with Crippen LogP contribution in [0.25, 0.3) is 89.0 Å². The van der Waals surface area contributed by atoms with Crippen molar-refractivity contribution in [1.29, 1.82) is 0 Å². The van der Waals surface area contributed by atoms with Crippen LogP contribution in [-0.4, -0.2) is 6.71 Å². The highest BCUT2D eigenvalue weighted by molar-refractivity contribution is 7.00. The molecule has 0 spiro atoms. The minimum Gasteiger partial charge on any atom is -0.310 e. The van der Waals surface area contributed by atoms with Gasteiger partial charge in [0.25, 0.3) is 6.71 Å². The first-order chi connectivity index (χ1) is 53.6. The molecule has 106 heavy (non-hydrogen) atoms. The third-order valence-corrected chi connectivity index (χ3v) is 22.5. The summed E-state index contributed by atoms with van der Waals surface area (Å²) in [6, 6.07) is 117. The van der Waals surface area contributed by atoms with Crippen LogP contribution in [0.5, 0.6) is 0 Å². The molecule has 3 aliphatic rings. The van der Waals surface area contributed by atoms with Gasteiger partial charge in [-0.25, -0.2) is 0 Å². The summed E-state index contributed by atoms with van der Waals surface area (Å²) in [6.45, 7) is 20.2. The van der Waals surface area contributed by atoms with Crippen molar-refractivity contribution in [2.24, 2.45) is 0 Å². The molecule has 2 aliphatic heterocycles. The maximum Gasteiger partial charge on any atom is 0.252 e. The van der Waals surface area contributed by atoms with Crippen molar-refractivity contribution in [2.75, 3.05) is 9.80 Å². The molecule has 0 saturated carbocycles. The molecule has 0 fully saturated rings. The molecule has 0 radical (unpaired) electrons. The van der Waals surface area contributed by atoms with Crippen LogP contribution >= 0.6 is 0 Å². The van der Waals surface area contributed by atoms with Crippen molar-refractivity contribution < 1.29 is 6.85 Å². The lowest BCUT2D eigenvalue weighted by molar-refractivity contribution is 0.590. The Bertz CT molecular complexity index is 6010. The lowest BCUT2D eigenvalue weighted by Crippen LogP contribution is -2.61. The quantitative estimate of drug-likeness (QED) is 0.119. The van der Waals surface area contributed by atoms with Gasteiger partial charge >= 0.3 is 0 Å². The zero-order chi connectivity index (χ0) is 76.6. The van der Waals surface area contributed by atoms with Gasteiger partial charge in [-0.1, -0.05) is 366 Å². The van der Waals surface area contributed by atoms with Gasteiger partial charge in [-0.3, -0.25) is 0 Å². The van der Waals surface area contributed by atoms with E-state index in [-0.39, 0.29) is 46.0 Å². The molecule has 1 aliphatic carbocycles. The van der Waals surface area contributed by atoms with Gasteiger partial charge in [0, 0.05) is 45.0 Å². The van der Waals surface area contributed by atoms with Gasteiger partial charge in [0.05, 0.1) is 23.6 Å². The Hall–Kier alpha value is -12.0. The second-order valence-electron chi connectivity index (χ2n) is 32.0. The Balaban J connectivity index is 1.07. The molecule has 0 bridgehead atoms. The minimum absolute atomic E-state index is 0.133. The predicted molar refractivity (Wildman–Crippen MR) is 452 cm³/mol. The number of hydrogen-bond donors (Lipinski definition) is 0. The highest BCUT2D eigenvalue weighted by atomic mass is 15.2. The van der Waals surface area contributed by atoms with E-state index in [0.717, 1.165) is 134 Å². The molecule has 0 saturated heterocycles. The number of nitrogens with zero attached hydrogens (tertiary/aromatic N) is 2. The zero-order valence-corrected chi connectivity index (χ0v) is 61.6. The first-order valence-electron chi connectivity index (χ1n) is 39.8. The van der Waals surface area contributed by atoms with E-state index < -0.39 is 18.2 Å². The van der Waals surface area contributed by atoms with E-state index in [4.69, 9.17) is 1.37 Å². The van der Waals surface area contributed by atoms with Crippen LogP contribution in [-0.2, 0) is 21.7 Å². The smallest absolute Gasteiger partial charge is 0.252 e. The zero-order valence-electron chi connectivity index (χ0n) is 66.6. The molecule has 2 heterocycles. The third-order valence-electron chi connectivity index (χ3n) is 22.5. The Morgan fingerprint density at radius 2 is 0.632 bits per heavy atom. The van der Waals surface area contributed by atoms with E-state index in [9.17, 15) is 5.48 Å². The molecule has 0 unspecified atom stereocenters. The Kier molecular flexibility index (Phi) is 14.6. The highest BCUT2D eigenvalue weighted by Crippen LogP contribution is 2.61. The predicted octanol–water partition coefficient (Wildman–Crippen LogP) is 25.7. The van der Waals surface area contributed by atoms with Crippen LogP contribution in [0.1, 0.15) is 108 Å². The van der Waals surface area contributed by atoms with Crippen molar-refractivity contribution in [3.8, 4) is 89.0 Å². The molecule has 2 nitrogen and oxygen atoms in total. The van der Waals surface area contributed by atoms with E-state index in [1.165, 1.54) is 33.4 Å². The highest BCUT2D eigenvalue weighted by Gasteiger charge is 2.49. The summed E-state index contributed by atoms with van der Waals surface area (Å²) in [5, 5.41) is 0. The summed E-state index contributed by atoms with van der Waals surface area (Å²) in [4.78, 5) is 5.18. The van der Waals surface area contributed by atoms with E-state index in [2.05, 4.69) is 388 Å². The van der Waals surface area contributed by atoms with Crippen molar-refractivity contribution in [1.82, 2.24) is 0 Å². The van der Waals surface area contributed by atoms with Gasteiger partial charge in [0.1, 0.15) is 0 Å². The molecule has 0 aromatic heterocycles. The molecule has 15 aromatic carbocycles. The van der Waals surface area contributed by atoms with Crippen LogP contribution in [0.3, 0.4) is 0 Å². The first kappa shape index (κ1) is 60.4. The fraction of sp³-hybridized carbons (Fsp3) is 0.126. The topological polar surface area (TPSA) is 6.48 Å². The van der Waals surface area contributed by atoms with Crippen molar-refractivity contribution >= 4 is 57.2 Å². The second kappa shape index (κ2) is 25.7. The summed E-state index contributed by atoms with van der Waals surface area (Å²) < 4.78 is 46.9. The maximum absolute atomic E-state index is 9.76. The van der Waals surface area contributed by atoms with Gasteiger partial charge in [0.15, 0.2) is 0 Å². The van der Waals surface area contributed by atoms with E-state index >= 15 is 0 Å². The molecule has 0 N–H and O–H groups in total. The van der Waals surface area contributed by atoms with Crippen molar-refractivity contribution in [3.63, 3.8) is 0 Å². The molecule has 0 atom stereocenters. The lowest BCUT2D eigenvalue weighted by Gasteiger charge is -2.46. The normalized spacial score (nSPS) is 14.0. The Morgan fingerprint density at radius 3 is 1.08 bits per heavy atom. The number of hydrogen-bond acceptors (Lipinski definition) is 2. The van der Waals surface area contributed by atoms with Crippen LogP contribution in [0.4, 0.5) is 34.1 Å². The molecular formula is C103H85BN2. The fourth-order valence-electron chi connectivity index (χ4n) is 17.2. The van der Waals surface area contributed by atoms with Crippen LogP contribution < -0.4 is 26.2 Å². The van der Waals surface area contributed by atoms with E-state index in [1.807, 2.05) is 6.07 Å². The summed E-state index contributed by atoms with van der Waals surface area (Å²) in [5.74, 6) is 0. The van der Waals surface area contributed by atoms with Gasteiger partial charge in [0.2, 0.25) is 0 Å². The monoisotopic (exact) mass is 1370 g/mol. The molecule has 15 aromatic rings. The Labute approximate surface area is 633 Å². The summed E-state index contributed by atoms with van der Waals surface area (Å²) >= 11 is 0.